The molecule has 4 aromatic rings. The maximum Gasteiger partial charge on any atom is 0.338 e. The van der Waals surface area contributed by atoms with Crippen molar-refractivity contribution in [3.63, 3.8) is 0 Å². The molecule has 8 heteroatoms. The zero-order chi connectivity index (χ0) is 29.9. The Bertz CT molecular complexity index is 1380. The summed E-state index contributed by atoms with van der Waals surface area (Å²) >= 11 is 0. The maximum atomic E-state index is 13.4. The van der Waals surface area contributed by atoms with E-state index < -0.39 is 36.7 Å². The van der Waals surface area contributed by atoms with E-state index in [-0.39, 0.29) is 19.8 Å². The molecule has 0 saturated carbocycles. The summed E-state index contributed by atoms with van der Waals surface area (Å²) in [7, 11) is 1.56. The molecule has 4 aromatic carbocycles. The first-order valence-electron chi connectivity index (χ1n) is 14.2. The second-order valence-corrected chi connectivity index (χ2v) is 10.2. The van der Waals surface area contributed by atoms with Gasteiger partial charge in [-0.1, -0.05) is 91.0 Å². The van der Waals surface area contributed by atoms with Crippen LogP contribution in [0.1, 0.15) is 27.0 Å². The van der Waals surface area contributed by atoms with E-state index in [0.717, 1.165) is 16.7 Å². The van der Waals surface area contributed by atoms with Gasteiger partial charge in [-0.25, -0.2) is 4.79 Å². The number of hydrogen-bond donors (Lipinski definition) is 1. The fourth-order valence-electron chi connectivity index (χ4n) is 4.86. The number of aliphatic hydroxyl groups is 1. The highest BCUT2D eigenvalue weighted by Crippen LogP contribution is 2.30. The molecule has 0 unspecified atom stereocenters. The Labute approximate surface area is 251 Å². The molecule has 224 valence electrons. The Morgan fingerprint density at radius 1 is 0.674 bits per heavy atom. The molecule has 0 aromatic heterocycles. The van der Waals surface area contributed by atoms with Crippen LogP contribution in [0.4, 0.5) is 0 Å². The minimum Gasteiger partial charge on any atom is -0.497 e. The summed E-state index contributed by atoms with van der Waals surface area (Å²) in [6, 6.07) is 35.6. The minimum atomic E-state index is -1.36. The van der Waals surface area contributed by atoms with Crippen LogP contribution in [0.2, 0.25) is 0 Å². The highest BCUT2D eigenvalue weighted by Gasteiger charge is 2.49. The van der Waals surface area contributed by atoms with E-state index in [2.05, 4.69) is 0 Å². The number of ether oxygens (including phenoxy) is 6. The van der Waals surface area contributed by atoms with Gasteiger partial charge in [0.2, 0.25) is 0 Å². The van der Waals surface area contributed by atoms with Crippen molar-refractivity contribution in [2.75, 3.05) is 13.7 Å². The van der Waals surface area contributed by atoms with Crippen LogP contribution in [0.3, 0.4) is 0 Å². The Balaban J connectivity index is 1.40. The first kappa shape index (κ1) is 30.4. The lowest BCUT2D eigenvalue weighted by Gasteiger charge is -2.44. The van der Waals surface area contributed by atoms with Crippen molar-refractivity contribution in [3.8, 4) is 5.75 Å². The highest BCUT2D eigenvalue weighted by molar-refractivity contribution is 5.89. The van der Waals surface area contributed by atoms with Gasteiger partial charge in [0, 0.05) is 0 Å². The number of carbonyl (C=O) groups excluding carboxylic acids is 1. The molecule has 5 atom stereocenters. The summed E-state index contributed by atoms with van der Waals surface area (Å²) in [4.78, 5) is 13.4. The minimum absolute atomic E-state index is 0.0448. The van der Waals surface area contributed by atoms with Crippen LogP contribution < -0.4 is 4.74 Å². The van der Waals surface area contributed by atoms with E-state index in [4.69, 9.17) is 28.4 Å². The molecule has 0 amide bonds. The predicted octanol–water partition coefficient (Wildman–Crippen LogP) is 5.33. The van der Waals surface area contributed by atoms with Crippen LogP contribution in [-0.4, -0.2) is 55.5 Å². The van der Waals surface area contributed by atoms with Gasteiger partial charge in [-0.3, -0.25) is 0 Å². The zero-order valence-corrected chi connectivity index (χ0v) is 24.0. The lowest BCUT2D eigenvalue weighted by molar-refractivity contribution is -0.308. The largest absolute Gasteiger partial charge is 0.497 e. The van der Waals surface area contributed by atoms with Crippen LogP contribution in [0.25, 0.3) is 0 Å². The Morgan fingerprint density at radius 3 is 1.72 bits per heavy atom. The van der Waals surface area contributed by atoms with Crippen molar-refractivity contribution in [1.29, 1.82) is 0 Å². The topological polar surface area (TPSA) is 92.7 Å². The van der Waals surface area contributed by atoms with Gasteiger partial charge >= 0.3 is 5.97 Å². The summed E-state index contributed by atoms with van der Waals surface area (Å²) in [5.41, 5.74) is 3.14. The van der Waals surface area contributed by atoms with Crippen LogP contribution >= 0.6 is 0 Å². The molecule has 0 radical (unpaired) electrons. The number of carbonyl (C=O) groups is 1. The molecule has 1 saturated heterocycles. The number of aliphatic hydroxyl groups excluding tert-OH is 1. The van der Waals surface area contributed by atoms with Crippen molar-refractivity contribution in [2.24, 2.45) is 0 Å². The second-order valence-electron chi connectivity index (χ2n) is 10.2. The lowest BCUT2D eigenvalue weighted by Crippen LogP contribution is -2.61. The summed E-state index contributed by atoms with van der Waals surface area (Å²) in [6.07, 6.45) is -4.98. The first-order valence-corrected chi connectivity index (χ1v) is 14.2. The number of hydrogen-bond acceptors (Lipinski definition) is 8. The van der Waals surface area contributed by atoms with Gasteiger partial charge in [0.05, 0.1) is 39.1 Å². The highest BCUT2D eigenvalue weighted by atomic mass is 16.7. The Morgan fingerprint density at radius 2 is 1.19 bits per heavy atom. The molecule has 0 bridgehead atoms. The van der Waals surface area contributed by atoms with Gasteiger partial charge in [-0.15, -0.1) is 0 Å². The standard InChI is InChI=1S/C35H36O8/c1-38-29-19-17-28(18-20-29)34(36)43-31-30(24-39-21-25-11-5-2-6-12-25)42-35(37)33(41-23-27-15-9-4-10-16-27)32(31)40-22-26-13-7-3-8-14-26/h2-20,30-33,35,37H,21-24H2,1H3/t30-,31+,32+,33-,35+/m1/s1. The predicted molar refractivity (Wildman–Crippen MR) is 159 cm³/mol. The normalized spacial score (nSPS) is 21.7. The van der Waals surface area contributed by atoms with Crippen LogP contribution in [0.5, 0.6) is 5.75 Å². The number of rotatable bonds is 13. The third-order valence-corrected chi connectivity index (χ3v) is 7.14. The maximum absolute atomic E-state index is 13.4. The van der Waals surface area contributed by atoms with Gasteiger partial charge in [-0.2, -0.15) is 0 Å². The molecule has 43 heavy (non-hydrogen) atoms. The van der Waals surface area contributed by atoms with E-state index >= 15 is 0 Å². The zero-order valence-electron chi connectivity index (χ0n) is 24.0. The molecule has 8 nitrogen and oxygen atoms in total. The monoisotopic (exact) mass is 584 g/mol. The van der Waals surface area contributed by atoms with E-state index in [1.54, 1.807) is 31.4 Å². The third-order valence-electron chi connectivity index (χ3n) is 7.14. The molecular weight excluding hydrogens is 548 g/mol. The van der Waals surface area contributed by atoms with Gasteiger partial charge in [-0.05, 0) is 41.0 Å². The van der Waals surface area contributed by atoms with Crippen LogP contribution in [0, 0.1) is 0 Å². The molecule has 1 fully saturated rings. The van der Waals surface area contributed by atoms with Gasteiger partial charge in [0.25, 0.3) is 0 Å². The second kappa shape index (κ2) is 15.4. The van der Waals surface area contributed by atoms with E-state index in [1.807, 2.05) is 91.0 Å². The van der Waals surface area contributed by atoms with Crippen molar-refractivity contribution in [1.82, 2.24) is 0 Å². The molecule has 0 aliphatic carbocycles. The van der Waals surface area contributed by atoms with Gasteiger partial charge in [0.15, 0.2) is 12.4 Å². The average Bonchev–Trinajstić information content (AvgIpc) is 3.06. The van der Waals surface area contributed by atoms with Crippen molar-refractivity contribution < 1.29 is 38.3 Å². The SMILES string of the molecule is COc1ccc(C(=O)O[C@@H]2[C@H](OCc3ccccc3)[C@@H](OCc3ccccc3)[C@@H](O)O[C@@H]2COCc2ccccc2)cc1. The van der Waals surface area contributed by atoms with Gasteiger partial charge < -0.3 is 33.5 Å². The third kappa shape index (κ3) is 8.50. The molecule has 0 spiro atoms. The summed E-state index contributed by atoms with van der Waals surface area (Å²) in [5.74, 6) is 0.0436. The van der Waals surface area contributed by atoms with Gasteiger partial charge in [0.1, 0.15) is 24.1 Å². The van der Waals surface area contributed by atoms with E-state index in [1.165, 1.54) is 0 Å². The van der Waals surface area contributed by atoms with Crippen LogP contribution in [-0.2, 0) is 43.5 Å². The van der Waals surface area contributed by atoms with Crippen molar-refractivity contribution in [3.05, 3.63) is 138 Å². The number of methoxy groups -OCH3 is 1. The summed E-state index contributed by atoms with van der Waals surface area (Å²) in [6.45, 7) is 0.769. The summed E-state index contributed by atoms with van der Waals surface area (Å²) < 4.78 is 35.9. The quantitative estimate of drug-likeness (QED) is 0.211. The number of benzene rings is 4. The molecule has 1 N–H and O–H groups in total. The molecule has 1 aliphatic rings. The summed E-state index contributed by atoms with van der Waals surface area (Å²) in [5, 5.41) is 11.2. The molecule has 5 rings (SSSR count). The fourth-order valence-corrected chi connectivity index (χ4v) is 4.86. The average molecular weight is 585 g/mol. The Kier molecular flexibility index (Phi) is 10.9. The van der Waals surface area contributed by atoms with E-state index in [9.17, 15) is 9.90 Å². The molecule has 1 aliphatic heterocycles. The first-order chi connectivity index (χ1) is 21.1. The molecule has 1 heterocycles. The van der Waals surface area contributed by atoms with Crippen LogP contribution in [0.15, 0.2) is 115 Å². The Hall–Kier alpha value is -4.05. The van der Waals surface area contributed by atoms with Crippen molar-refractivity contribution >= 4 is 5.97 Å². The lowest BCUT2D eigenvalue weighted by atomic mass is 9.98. The van der Waals surface area contributed by atoms with Crippen molar-refractivity contribution in [2.45, 2.75) is 50.5 Å². The van der Waals surface area contributed by atoms with E-state index in [0.29, 0.717) is 17.9 Å². The number of esters is 1. The smallest absolute Gasteiger partial charge is 0.338 e. The fraction of sp³-hybridized carbons (Fsp3) is 0.286. The molecular formula is C35H36O8.